The lowest BCUT2D eigenvalue weighted by Gasteiger charge is -2.57. The van der Waals surface area contributed by atoms with E-state index in [0.29, 0.717) is 24.8 Å². The van der Waals surface area contributed by atoms with Crippen LogP contribution in [0.1, 0.15) is 84.5 Å². The van der Waals surface area contributed by atoms with Crippen molar-refractivity contribution in [1.82, 2.24) is 10.6 Å². The van der Waals surface area contributed by atoms with Crippen molar-refractivity contribution < 1.29 is 19.5 Å². The zero-order valence-electron chi connectivity index (χ0n) is 20.8. The largest absolute Gasteiger partial charge is 0.393 e. The van der Waals surface area contributed by atoms with E-state index >= 15 is 0 Å². The predicted molar refractivity (Wildman–Crippen MR) is 130 cm³/mol. The number of aliphatic hydroxyl groups excluding tert-OH is 1. The second-order valence-electron chi connectivity index (χ2n) is 11.9. The number of nitrogens with one attached hydrogen (secondary N) is 2. The molecule has 5 rings (SSSR count). The van der Waals surface area contributed by atoms with Gasteiger partial charge in [0.15, 0.2) is 6.61 Å². The van der Waals surface area contributed by atoms with Gasteiger partial charge in [-0.15, -0.1) is 0 Å². The molecule has 4 aliphatic carbocycles. The van der Waals surface area contributed by atoms with Crippen molar-refractivity contribution in [3.63, 3.8) is 0 Å². The Hall–Kier alpha value is -1.89. The third-order valence-corrected chi connectivity index (χ3v) is 10.2. The molecule has 0 spiro atoms. The first-order chi connectivity index (χ1) is 16.3. The van der Waals surface area contributed by atoms with E-state index in [0.717, 1.165) is 56.6 Å². The number of hydrogen-bond acceptors (Lipinski definition) is 5. The Morgan fingerprint density at radius 3 is 2.85 bits per heavy atom. The van der Waals surface area contributed by atoms with Crippen molar-refractivity contribution in [2.45, 2.75) is 96.6 Å². The summed E-state index contributed by atoms with van der Waals surface area (Å²) in [6.07, 6.45) is 13.4. The fraction of sp³-hybridized carbons (Fsp3) is 0.815. The van der Waals surface area contributed by atoms with Crippen LogP contribution in [0, 0.1) is 28.6 Å². The van der Waals surface area contributed by atoms with Gasteiger partial charge in [0.2, 0.25) is 5.91 Å². The summed E-state index contributed by atoms with van der Waals surface area (Å²) in [4.78, 5) is 29.7. The third-order valence-electron chi connectivity index (χ3n) is 10.2. The molecule has 0 unspecified atom stereocenters. The number of fused-ring (bicyclic) bond motifs is 5. The van der Waals surface area contributed by atoms with Crippen LogP contribution in [0.3, 0.4) is 0 Å². The van der Waals surface area contributed by atoms with E-state index in [1.54, 1.807) is 0 Å². The van der Waals surface area contributed by atoms with E-state index < -0.39 is 6.04 Å². The molecule has 5 aliphatic rings. The van der Waals surface area contributed by atoms with Gasteiger partial charge in [-0.05, 0) is 105 Å². The highest BCUT2D eigenvalue weighted by Crippen LogP contribution is 2.65. The maximum atomic E-state index is 12.3. The molecule has 0 bridgehead atoms. The van der Waals surface area contributed by atoms with E-state index in [9.17, 15) is 14.7 Å². The Kier molecular flexibility index (Phi) is 6.51. The summed E-state index contributed by atoms with van der Waals surface area (Å²) >= 11 is 0. The van der Waals surface area contributed by atoms with Crippen LogP contribution >= 0.6 is 0 Å². The van der Waals surface area contributed by atoms with Crippen LogP contribution in [0.25, 0.3) is 0 Å². The Balaban J connectivity index is 1.19. The van der Waals surface area contributed by atoms with Crippen LogP contribution in [0.2, 0.25) is 0 Å². The van der Waals surface area contributed by atoms with E-state index in [2.05, 4.69) is 35.7 Å². The molecule has 34 heavy (non-hydrogen) atoms. The van der Waals surface area contributed by atoms with Gasteiger partial charge in [0.05, 0.1) is 11.8 Å². The summed E-state index contributed by atoms with van der Waals surface area (Å²) in [5.41, 5.74) is 2.74. The molecule has 0 radical (unpaired) electrons. The summed E-state index contributed by atoms with van der Waals surface area (Å²) in [5.74, 6) is 1.66. The molecule has 3 saturated carbocycles. The molecule has 2 amide bonds. The number of nitrogens with zero attached hydrogens (tertiary/aromatic N) is 1. The SMILES string of the molecule is C[C@]12CC[C@@H]3[C@@H](CCC4=C/C(=N\OCC(=O)N[C@@H]5CCCCNC5=O)CC[C@@]43C)[C@@H]1CC[C@H]2O. The maximum Gasteiger partial charge on any atom is 0.261 e. The standard InChI is InChI=1S/C27H41N3O4/c1-26-12-10-18(30-34-16-24(32)29-22-5-3-4-14-28-25(22)33)15-17(26)6-7-19-20-8-9-23(31)27(20,2)13-11-21(19)26/h15,19-23,31H,3-14,16H2,1-2H3,(H,28,33)(H,29,32)/b30-18-/t19-,20-,21+,22+,23+,26-,27-/m0/s1. The summed E-state index contributed by atoms with van der Waals surface area (Å²) in [5, 5.41) is 20.6. The minimum Gasteiger partial charge on any atom is -0.393 e. The van der Waals surface area contributed by atoms with Gasteiger partial charge in [-0.1, -0.05) is 24.6 Å². The average molecular weight is 472 g/mol. The van der Waals surface area contributed by atoms with E-state index in [1.807, 2.05) is 0 Å². The molecule has 0 aromatic rings. The van der Waals surface area contributed by atoms with Crippen LogP contribution in [0.15, 0.2) is 16.8 Å². The number of hydrogen-bond donors (Lipinski definition) is 3. The van der Waals surface area contributed by atoms with Crippen LogP contribution in [-0.4, -0.2) is 47.9 Å². The van der Waals surface area contributed by atoms with Crippen molar-refractivity contribution in [1.29, 1.82) is 0 Å². The topological polar surface area (TPSA) is 100 Å². The normalized spacial score (nSPS) is 43.0. The number of allylic oxidation sites excluding steroid dienone is 2. The highest BCUT2D eigenvalue weighted by atomic mass is 16.6. The molecular formula is C27H41N3O4. The monoisotopic (exact) mass is 471 g/mol. The summed E-state index contributed by atoms with van der Waals surface area (Å²) < 4.78 is 0. The molecule has 188 valence electrons. The molecule has 1 saturated heterocycles. The highest BCUT2D eigenvalue weighted by Gasteiger charge is 2.58. The van der Waals surface area contributed by atoms with E-state index in [-0.39, 0.29) is 35.4 Å². The van der Waals surface area contributed by atoms with Crippen molar-refractivity contribution in [3.8, 4) is 0 Å². The first-order valence-electron chi connectivity index (χ1n) is 13.5. The van der Waals surface area contributed by atoms with Crippen LogP contribution < -0.4 is 10.6 Å². The van der Waals surface area contributed by atoms with Gasteiger partial charge in [0.25, 0.3) is 5.91 Å². The first kappa shape index (κ1) is 23.8. The van der Waals surface area contributed by atoms with Gasteiger partial charge in [0, 0.05) is 6.54 Å². The molecule has 0 aromatic carbocycles. The number of rotatable bonds is 4. The van der Waals surface area contributed by atoms with Gasteiger partial charge < -0.3 is 20.6 Å². The Labute approximate surface area is 203 Å². The Morgan fingerprint density at radius 2 is 2.00 bits per heavy atom. The number of amides is 2. The molecule has 7 heteroatoms. The van der Waals surface area contributed by atoms with Gasteiger partial charge in [-0.2, -0.15) is 0 Å². The smallest absolute Gasteiger partial charge is 0.261 e. The van der Waals surface area contributed by atoms with Crippen molar-refractivity contribution >= 4 is 17.5 Å². The summed E-state index contributed by atoms with van der Waals surface area (Å²) in [7, 11) is 0. The molecule has 3 N–H and O–H groups in total. The average Bonchev–Trinajstić information content (AvgIpc) is 2.97. The minimum atomic E-state index is -0.475. The fourth-order valence-electron chi connectivity index (χ4n) is 8.10. The maximum absolute atomic E-state index is 12.3. The van der Waals surface area contributed by atoms with Crippen molar-refractivity contribution in [2.75, 3.05) is 13.2 Å². The third kappa shape index (κ3) is 4.18. The van der Waals surface area contributed by atoms with Crippen molar-refractivity contribution in [2.24, 2.45) is 33.7 Å². The highest BCUT2D eigenvalue weighted by molar-refractivity contribution is 5.96. The van der Waals surface area contributed by atoms with Crippen LogP contribution in [0.4, 0.5) is 0 Å². The lowest BCUT2D eigenvalue weighted by atomic mass is 9.47. The Bertz CT molecular complexity index is 885. The van der Waals surface area contributed by atoms with Crippen LogP contribution in [0.5, 0.6) is 0 Å². The minimum absolute atomic E-state index is 0.112. The summed E-state index contributed by atoms with van der Waals surface area (Å²) in [6.45, 7) is 5.29. The second-order valence-corrected chi connectivity index (χ2v) is 11.9. The quantitative estimate of drug-likeness (QED) is 0.547. The number of aliphatic hydroxyl groups is 1. The lowest BCUT2D eigenvalue weighted by Crippen LogP contribution is -2.51. The molecule has 0 aromatic heterocycles. The molecule has 7 nitrogen and oxygen atoms in total. The zero-order valence-corrected chi connectivity index (χ0v) is 20.8. The van der Waals surface area contributed by atoms with Gasteiger partial charge >= 0.3 is 0 Å². The van der Waals surface area contributed by atoms with Gasteiger partial charge in [0.1, 0.15) is 6.04 Å². The molecule has 1 aliphatic heterocycles. The molecular weight excluding hydrogens is 430 g/mol. The van der Waals surface area contributed by atoms with Gasteiger partial charge in [-0.3, -0.25) is 9.59 Å². The molecule has 7 atom stereocenters. The second kappa shape index (κ2) is 9.29. The fourth-order valence-corrected chi connectivity index (χ4v) is 8.10. The lowest BCUT2D eigenvalue weighted by molar-refractivity contribution is -0.131. The van der Waals surface area contributed by atoms with E-state index in [4.69, 9.17) is 4.84 Å². The summed E-state index contributed by atoms with van der Waals surface area (Å²) in [6, 6.07) is -0.475. The zero-order chi connectivity index (χ0) is 23.9. The predicted octanol–water partition coefficient (Wildman–Crippen LogP) is 3.47. The van der Waals surface area contributed by atoms with Gasteiger partial charge in [-0.25, -0.2) is 0 Å². The number of oxime groups is 1. The van der Waals surface area contributed by atoms with E-state index in [1.165, 1.54) is 24.8 Å². The van der Waals surface area contributed by atoms with Crippen LogP contribution in [-0.2, 0) is 14.4 Å². The van der Waals surface area contributed by atoms with Crippen molar-refractivity contribution in [3.05, 3.63) is 11.6 Å². The molecule has 1 heterocycles. The number of carbonyl (C=O) groups is 2. The first-order valence-corrected chi connectivity index (χ1v) is 13.5. The Morgan fingerprint density at radius 1 is 1.15 bits per heavy atom. The molecule has 4 fully saturated rings. The number of carbonyl (C=O) groups excluding carboxylic acids is 2.